The van der Waals surface area contributed by atoms with Gasteiger partial charge in [0.15, 0.2) is 0 Å². The summed E-state index contributed by atoms with van der Waals surface area (Å²) in [4.78, 5) is 11.6. The summed E-state index contributed by atoms with van der Waals surface area (Å²) in [6.45, 7) is 1.21. The minimum absolute atomic E-state index is 0.0805. The summed E-state index contributed by atoms with van der Waals surface area (Å²) in [6.07, 6.45) is 4.37. The van der Waals surface area contributed by atoms with E-state index in [0.29, 0.717) is 12.1 Å². The Morgan fingerprint density at radius 2 is 2.31 bits per heavy atom. The van der Waals surface area contributed by atoms with Gasteiger partial charge in [0.25, 0.3) is 5.56 Å². The smallest absolute Gasteiger partial charge is 0.255 e. The highest BCUT2D eigenvalue weighted by atomic mass is 16.1. The lowest BCUT2D eigenvalue weighted by molar-refractivity contribution is 0.601. The summed E-state index contributed by atoms with van der Waals surface area (Å²) in [5, 5.41) is 0. The first-order chi connectivity index (χ1) is 6.31. The lowest BCUT2D eigenvalue weighted by Gasteiger charge is -2.05. The van der Waals surface area contributed by atoms with Crippen molar-refractivity contribution < 1.29 is 0 Å². The van der Waals surface area contributed by atoms with Crippen molar-refractivity contribution in [2.45, 2.75) is 25.9 Å². The molecule has 13 heavy (non-hydrogen) atoms. The van der Waals surface area contributed by atoms with E-state index in [1.165, 1.54) is 12.8 Å². The summed E-state index contributed by atoms with van der Waals surface area (Å²) < 4.78 is 1.78. The summed E-state index contributed by atoms with van der Waals surface area (Å²) in [7, 11) is 0. The van der Waals surface area contributed by atoms with Crippen molar-refractivity contribution in [1.82, 2.24) is 4.57 Å². The van der Waals surface area contributed by atoms with E-state index in [1.807, 2.05) is 12.3 Å². The van der Waals surface area contributed by atoms with Crippen molar-refractivity contribution >= 4 is 0 Å². The number of hydrogen-bond donors (Lipinski definition) is 1. The second-order valence-electron chi connectivity index (χ2n) is 3.64. The van der Waals surface area contributed by atoms with Gasteiger partial charge in [-0.15, -0.1) is 0 Å². The van der Waals surface area contributed by atoms with Crippen LogP contribution in [0.1, 0.15) is 18.4 Å². The molecule has 0 spiro atoms. The lowest BCUT2D eigenvalue weighted by Crippen LogP contribution is -2.25. The quantitative estimate of drug-likeness (QED) is 0.741. The number of nitrogens with two attached hydrogens (primary N) is 1. The zero-order valence-electron chi connectivity index (χ0n) is 7.57. The first kappa shape index (κ1) is 8.51. The standard InChI is InChI=1S/C10H14N2O/c11-6-9-2-1-5-12(10(9)13)7-8-3-4-8/h1-2,5,8H,3-4,6-7,11H2. The third kappa shape index (κ3) is 1.80. The average molecular weight is 178 g/mol. The van der Waals surface area contributed by atoms with Crippen molar-refractivity contribution in [3.05, 3.63) is 34.2 Å². The molecule has 0 aliphatic heterocycles. The third-order valence-electron chi connectivity index (χ3n) is 2.47. The van der Waals surface area contributed by atoms with Gasteiger partial charge in [0.05, 0.1) is 0 Å². The number of pyridine rings is 1. The maximum Gasteiger partial charge on any atom is 0.255 e. The molecule has 1 aromatic rings. The molecule has 1 saturated carbocycles. The summed E-state index contributed by atoms with van der Waals surface area (Å²) in [5.74, 6) is 0.728. The van der Waals surface area contributed by atoms with E-state index < -0.39 is 0 Å². The van der Waals surface area contributed by atoms with Crippen LogP contribution in [0.25, 0.3) is 0 Å². The highest BCUT2D eigenvalue weighted by molar-refractivity contribution is 5.09. The second kappa shape index (κ2) is 3.34. The van der Waals surface area contributed by atoms with Crippen LogP contribution >= 0.6 is 0 Å². The largest absolute Gasteiger partial charge is 0.326 e. The van der Waals surface area contributed by atoms with Crippen molar-refractivity contribution in [3.8, 4) is 0 Å². The molecule has 2 rings (SSSR count). The topological polar surface area (TPSA) is 48.0 Å². The van der Waals surface area contributed by atoms with Gasteiger partial charge in [-0.3, -0.25) is 4.79 Å². The molecule has 1 fully saturated rings. The molecular formula is C10H14N2O. The van der Waals surface area contributed by atoms with Crippen LogP contribution in [-0.2, 0) is 13.1 Å². The number of rotatable bonds is 3. The molecule has 1 aliphatic rings. The molecule has 3 heteroatoms. The Morgan fingerprint density at radius 1 is 1.54 bits per heavy atom. The molecule has 70 valence electrons. The van der Waals surface area contributed by atoms with Gasteiger partial charge in [0, 0.05) is 24.8 Å². The van der Waals surface area contributed by atoms with E-state index >= 15 is 0 Å². The van der Waals surface area contributed by atoms with Crippen LogP contribution < -0.4 is 11.3 Å². The van der Waals surface area contributed by atoms with Gasteiger partial charge < -0.3 is 10.3 Å². The molecule has 0 bridgehead atoms. The van der Waals surface area contributed by atoms with Crippen LogP contribution in [0.15, 0.2) is 23.1 Å². The van der Waals surface area contributed by atoms with E-state index in [2.05, 4.69) is 0 Å². The minimum Gasteiger partial charge on any atom is -0.326 e. The minimum atomic E-state index is 0.0805. The monoisotopic (exact) mass is 178 g/mol. The van der Waals surface area contributed by atoms with Crippen molar-refractivity contribution in [2.24, 2.45) is 11.7 Å². The molecule has 2 N–H and O–H groups in total. The molecular weight excluding hydrogens is 164 g/mol. The molecule has 0 radical (unpaired) electrons. The van der Waals surface area contributed by atoms with Gasteiger partial charge in [0.1, 0.15) is 0 Å². The lowest BCUT2D eigenvalue weighted by atomic mass is 10.2. The van der Waals surface area contributed by atoms with Crippen LogP contribution in [0.5, 0.6) is 0 Å². The molecule has 0 atom stereocenters. The Hall–Kier alpha value is -1.09. The van der Waals surface area contributed by atoms with Gasteiger partial charge in [-0.1, -0.05) is 6.07 Å². The number of aromatic nitrogens is 1. The SMILES string of the molecule is NCc1cccn(CC2CC2)c1=O. The molecule has 0 aromatic carbocycles. The van der Waals surface area contributed by atoms with E-state index in [0.717, 1.165) is 12.5 Å². The normalized spacial score (nSPS) is 16.1. The molecule has 1 aliphatic carbocycles. The molecule has 0 unspecified atom stereocenters. The Balaban J connectivity index is 2.28. The Labute approximate surface area is 77.2 Å². The van der Waals surface area contributed by atoms with Crippen molar-refractivity contribution in [1.29, 1.82) is 0 Å². The predicted molar refractivity (Wildman–Crippen MR) is 51.3 cm³/mol. The molecule has 3 nitrogen and oxygen atoms in total. The summed E-state index contributed by atoms with van der Waals surface area (Å²) in [5.41, 5.74) is 6.24. The van der Waals surface area contributed by atoms with Crippen LogP contribution in [0.4, 0.5) is 0 Å². The fourth-order valence-electron chi connectivity index (χ4n) is 1.46. The van der Waals surface area contributed by atoms with Crippen LogP contribution in [0.3, 0.4) is 0 Å². The van der Waals surface area contributed by atoms with E-state index in [9.17, 15) is 4.79 Å². The van der Waals surface area contributed by atoms with E-state index in [1.54, 1.807) is 10.6 Å². The molecule has 1 heterocycles. The fourth-order valence-corrected chi connectivity index (χ4v) is 1.46. The van der Waals surface area contributed by atoms with Crippen LogP contribution in [-0.4, -0.2) is 4.57 Å². The Bertz CT molecular complexity index is 352. The van der Waals surface area contributed by atoms with Crippen molar-refractivity contribution in [2.75, 3.05) is 0 Å². The zero-order valence-corrected chi connectivity index (χ0v) is 7.57. The third-order valence-corrected chi connectivity index (χ3v) is 2.47. The second-order valence-corrected chi connectivity index (χ2v) is 3.64. The predicted octanol–water partition coefficient (Wildman–Crippen LogP) is 0.717. The zero-order chi connectivity index (χ0) is 9.26. The highest BCUT2D eigenvalue weighted by Gasteiger charge is 2.22. The number of nitrogens with zero attached hydrogens (tertiary/aromatic N) is 1. The van der Waals surface area contributed by atoms with Gasteiger partial charge in [0.2, 0.25) is 0 Å². The van der Waals surface area contributed by atoms with Gasteiger partial charge in [-0.05, 0) is 24.8 Å². The van der Waals surface area contributed by atoms with Gasteiger partial charge >= 0.3 is 0 Å². The first-order valence-electron chi connectivity index (χ1n) is 4.69. The summed E-state index contributed by atoms with van der Waals surface area (Å²) in [6, 6.07) is 3.69. The van der Waals surface area contributed by atoms with Crippen molar-refractivity contribution in [3.63, 3.8) is 0 Å². The maximum atomic E-state index is 11.6. The first-order valence-corrected chi connectivity index (χ1v) is 4.69. The Morgan fingerprint density at radius 3 is 2.92 bits per heavy atom. The molecule has 1 aromatic heterocycles. The van der Waals surface area contributed by atoms with Crippen LogP contribution in [0.2, 0.25) is 0 Å². The van der Waals surface area contributed by atoms with Gasteiger partial charge in [-0.25, -0.2) is 0 Å². The molecule has 0 saturated heterocycles. The summed E-state index contributed by atoms with van der Waals surface area (Å²) >= 11 is 0. The number of hydrogen-bond acceptors (Lipinski definition) is 2. The fraction of sp³-hybridized carbons (Fsp3) is 0.500. The van der Waals surface area contributed by atoms with E-state index in [4.69, 9.17) is 5.73 Å². The van der Waals surface area contributed by atoms with E-state index in [-0.39, 0.29) is 5.56 Å². The Kier molecular flexibility index (Phi) is 2.19. The highest BCUT2D eigenvalue weighted by Crippen LogP contribution is 2.29. The van der Waals surface area contributed by atoms with Crippen LogP contribution in [0, 0.1) is 5.92 Å². The molecule has 0 amide bonds. The maximum absolute atomic E-state index is 11.6. The van der Waals surface area contributed by atoms with Gasteiger partial charge in [-0.2, -0.15) is 0 Å². The average Bonchev–Trinajstić information content (AvgIpc) is 2.92.